The number of aromatic nitrogens is 1. The molecule has 0 saturated carbocycles. The van der Waals surface area contributed by atoms with Gasteiger partial charge in [-0.05, 0) is 26.3 Å². The van der Waals surface area contributed by atoms with Crippen LogP contribution in [-0.2, 0) is 6.61 Å². The van der Waals surface area contributed by atoms with Crippen LogP contribution in [-0.4, -0.2) is 46.7 Å². The fourth-order valence-electron chi connectivity index (χ4n) is 3.16. The summed E-state index contributed by atoms with van der Waals surface area (Å²) in [5, 5.41) is 10.7. The molecule has 2 saturated heterocycles. The Labute approximate surface area is 123 Å². The molecule has 0 spiro atoms. The van der Waals surface area contributed by atoms with Gasteiger partial charge in [-0.3, -0.25) is 4.90 Å². The molecule has 2 aliphatic heterocycles. The van der Waals surface area contributed by atoms with Crippen molar-refractivity contribution in [3.8, 4) is 0 Å². The second-order valence-electron chi connectivity index (χ2n) is 5.51. The first-order chi connectivity index (χ1) is 9.19. The third-order valence-electron chi connectivity index (χ3n) is 4.21. The van der Waals surface area contributed by atoms with Gasteiger partial charge in [0, 0.05) is 25.2 Å². The van der Waals surface area contributed by atoms with E-state index >= 15 is 0 Å². The van der Waals surface area contributed by atoms with Gasteiger partial charge in [-0.15, -0.1) is 0 Å². The van der Waals surface area contributed by atoms with Crippen molar-refractivity contribution < 1.29 is 5.11 Å². The van der Waals surface area contributed by atoms with Gasteiger partial charge in [-0.2, -0.15) is 0 Å². The average molecular weight is 302 g/mol. The van der Waals surface area contributed by atoms with Crippen LogP contribution in [0.3, 0.4) is 0 Å². The number of hydrogen-bond acceptors (Lipinski definition) is 5. The summed E-state index contributed by atoms with van der Waals surface area (Å²) in [7, 11) is 0. The SMILES string of the molecule is CC1CN2CCCCC2CN1c1nc(Cl)c(CO)s1. The molecule has 2 unspecified atom stereocenters. The van der Waals surface area contributed by atoms with E-state index in [1.54, 1.807) is 0 Å². The molecule has 19 heavy (non-hydrogen) atoms. The van der Waals surface area contributed by atoms with Crippen molar-refractivity contribution in [3.05, 3.63) is 10.0 Å². The van der Waals surface area contributed by atoms with Crippen molar-refractivity contribution >= 4 is 28.1 Å². The summed E-state index contributed by atoms with van der Waals surface area (Å²) >= 11 is 7.58. The van der Waals surface area contributed by atoms with E-state index in [1.807, 2.05) is 0 Å². The molecule has 0 radical (unpaired) electrons. The van der Waals surface area contributed by atoms with Gasteiger partial charge in [0.25, 0.3) is 0 Å². The minimum Gasteiger partial charge on any atom is -0.391 e. The zero-order valence-electron chi connectivity index (χ0n) is 11.2. The number of piperidine rings is 1. The Balaban J connectivity index is 1.79. The van der Waals surface area contributed by atoms with E-state index in [0.717, 1.165) is 23.1 Å². The van der Waals surface area contributed by atoms with Gasteiger partial charge in [0.1, 0.15) is 5.15 Å². The molecular weight excluding hydrogens is 282 g/mol. The lowest BCUT2D eigenvalue weighted by atomic mass is 9.97. The topological polar surface area (TPSA) is 39.6 Å². The van der Waals surface area contributed by atoms with Crippen molar-refractivity contribution in [2.24, 2.45) is 0 Å². The largest absolute Gasteiger partial charge is 0.391 e. The molecule has 6 heteroatoms. The highest BCUT2D eigenvalue weighted by Gasteiger charge is 2.34. The molecule has 1 N–H and O–H groups in total. The first kappa shape index (κ1) is 13.6. The van der Waals surface area contributed by atoms with Crippen LogP contribution in [0, 0.1) is 0 Å². The quantitative estimate of drug-likeness (QED) is 0.910. The number of halogens is 1. The summed E-state index contributed by atoms with van der Waals surface area (Å²) in [6.45, 7) is 5.61. The Bertz CT molecular complexity index is 453. The Kier molecular flexibility index (Phi) is 3.98. The third-order valence-corrected chi connectivity index (χ3v) is 5.72. The maximum Gasteiger partial charge on any atom is 0.187 e. The van der Waals surface area contributed by atoms with E-state index in [4.69, 9.17) is 11.6 Å². The average Bonchev–Trinajstić information content (AvgIpc) is 2.79. The zero-order valence-corrected chi connectivity index (χ0v) is 12.8. The highest BCUT2D eigenvalue weighted by Crippen LogP contribution is 2.34. The van der Waals surface area contributed by atoms with Crippen LogP contribution in [0.2, 0.25) is 5.15 Å². The summed E-state index contributed by atoms with van der Waals surface area (Å²) in [5.74, 6) is 0. The van der Waals surface area contributed by atoms with Crippen LogP contribution in [0.25, 0.3) is 0 Å². The number of thiazole rings is 1. The van der Waals surface area contributed by atoms with Gasteiger partial charge in [-0.25, -0.2) is 4.98 Å². The van der Waals surface area contributed by atoms with Crippen LogP contribution in [0.5, 0.6) is 0 Å². The van der Waals surface area contributed by atoms with Crippen LogP contribution >= 0.6 is 22.9 Å². The first-order valence-electron chi connectivity index (χ1n) is 6.96. The molecule has 0 amide bonds. The Hall–Kier alpha value is -0.360. The normalized spacial score (nSPS) is 28.5. The Morgan fingerprint density at radius 3 is 3.00 bits per heavy atom. The van der Waals surface area contributed by atoms with Gasteiger partial charge in [0.2, 0.25) is 0 Å². The fourth-order valence-corrected chi connectivity index (χ4v) is 4.39. The van der Waals surface area contributed by atoms with Crippen molar-refractivity contribution in [1.82, 2.24) is 9.88 Å². The third kappa shape index (κ3) is 2.61. The zero-order chi connectivity index (χ0) is 13.4. The van der Waals surface area contributed by atoms with E-state index in [9.17, 15) is 5.11 Å². The summed E-state index contributed by atoms with van der Waals surface area (Å²) in [6, 6.07) is 1.12. The fraction of sp³-hybridized carbons (Fsp3) is 0.769. The minimum atomic E-state index is -0.0196. The molecule has 3 heterocycles. The monoisotopic (exact) mass is 301 g/mol. The van der Waals surface area contributed by atoms with E-state index in [-0.39, 0.29) is 6.61 Å². The molecule has 106 valence electrons. The number of piperazine rings is 1. The highest BCUT2D eigenvalue weighted by atomic mass is 35.5. The lowest BCUT2D eigenvalue weighted by molar-refractivity contribution is 0.115. The van der Waals surface area contributed by atoms with Gasteiger partial charge in [0.15, 0.2) is 5.13 Å². The lowest BCUT2D eigenvalue weighted by Gasteiger charge is -2.47. The number of nitrogens with zero attached hydrogens (tertiary/aromatic N) is 3. The second-order valence-corrected chi connectivity index (χ2v) is 6.93. The van der Waals surface area contributed by atoms with Gasteiger partial charge >= 0.3 is 0 Å². The summed E-state index contributed by atoms with van der Waals surface area (Å²) in [4.78, 5) is 10.2. The van der Waals surface area contributed by atoms with Gasteiger partial charge in [-0.1, -0.05) is 29.4 Å². The number of anilines is 1. The van der Waals surface area contributed by atoms with E-state index in [0.29, 0.717) is 17.2 Å². The molecule has 2 aliphatic rings. The Morgan fingerprint density at radius 1 is 1.42 bits per heavy atom. The highest BCUT2D eigenvalue weighted by molar-refractivity contribution is 7.16. The maximum absolute atomic E-state index is 9.24. The molecule has 0 bridgehead atoms. The van der Waals surface area contributed by atoms with Crippen LogP contribution < -0.4 is 4.90 Å². The number of rotatable bonds is 2. The smallest absolute Gasteiger partial charge is 0.187 e. The lowest BCUT2D eigenvalue weighted by Crippen LogP contribution is -2.58. The molecule has 0 aliphatic carbocycles. The Morgan fingerprint density at radius 2 is 2.26 bits per heavy atom. The van der Waals surface area contributed by atoms with Gasteiger partial charge in [0.05, 0.1) is 11.5 Å². The van der Waals surface area contributed by atoms with Crippen molar-refractivity contribution in [3.63, 3.8) is 0 Å². The molecule has 3 rings (SSSR count). The number of fused-ring (bicyclic) bond motifs is 1. The van der Waals surface area contributed by atoms with Crippen molar-refractivity contribution in [2.45, 2.75) is 44.9 Å². The van der Waals surface area contributed by atoms with Crippen LogP contribution in [0.15, 0.2) is 0 Å². The van der Waals surface area contributed by atoms with E-state index in [1.165, 1.54) is 37.1 Å². The van der Waals surface area contributed by atoms with E-state index in [2.05, 4.69) is 21.7 Å². The second kappa shape index (κ2) is 5.56. The van der Waals surface area contributed by atoms with Crippen molar-refractivity contribution in [1.29, 1.82) is 0 Å². The molecule has 1 aromatic rings. The summed E-state index contributed by atoms with van der Waals surface area (Å²) < 4.78 is 0. The molecule has 0 aromatic carbocycles. The summed E-state index contributed by atoms with van der Waals surface area (Å²) in [5.41, 5.74) is 0. The first-order valence-corrected chi connectivity index (χ1v) is 8.15. The van der Waals surface area contributed by atoms with Gasteiger partial charge < -0.3 is 10.0 Å². The standard InChI is InChI=1S/C13H20ClN3OS/c1-9-6-16-5-3-2-4-10(16)7-17(9)13-15-12(14)11(8-18)19-13/h9-10,18H,2-8H2,1H3. The molecular formula is C13H20ClN3OS. The molecule has 4 nitrogen and oxygen atoms in total. The number of hydrogen-bond donors (Lipinski definition) is 1. The minimum absolute atomic E-state index is 0.0196. The number of aliphatic hydroxyl groups is 1. The summed E-state index contributed by atoms with van der Waals surface area (Å²) in [6.07, 6.45) is 3.96. The van der Waals surface area contributed by atoms with E-state index < -0.39 is 0 Å². The predicted molar refractivity (Wildman–Crippen MR) is 79.1 cm³/mol. The van der Waals surface area contributed by atoms with Crippen LogP contribution in [0.1, 0.15) is 31.1 Å². The molecule has 2 fully saturated rings. The maximum atomic E-state index is 9.24. The molecule has 2 atom stereocenters. The number of aliphatic hydroxyl groups excluding tert-OH is 1. The predicted octanol–water partition coefficient (Wildman–Crippen LogP) is 2.35. The molecule has 1 aromatic heterocycles. The van der Waals surface area contributed by atoms with Crippen molar-refractivity contribution in [2.75, 3.05) is 24.5 Å². The van der Waals surface area contributed by atoms with Crippen LogP contribution in [0.4, 0.5) is 5.13 Å².